The number of rotatable bonds is 9. The van der Waals surface area contributed by atoms with Crippen molar-refractivity contribution in [3.63, 3.8) is 0 Å². The van der Waals surface area contributed by atoms with Crippen LogP contribution in [0.1, 0.15) is 21.6 Å². The zero-order valence-electron chi connectivity index (χ0n) is 14.1. The van der Waals surface area contributed by atoms with E-state index in [9.17, 15) is 9.59 Å². The van der Waals surface area contributed by atoms with E-state index in [1.165, 1.54) is 0 Å². The van der Waals surface area contributed by atoms with Crippen LogP contribution in [0.4, 0.5) is 0 Å². The topological polar surface area (TPSA) is 77.5 Å². The van der Waals surface area contributed by atoms with Crippen molar-refractivity contribution in [2.24, 2.45) is 0 Å². The van der Waals surface area contributed by atoms with Crippen molar-refractivity contribution in [1.82, 2.24) is 10.3 Å². The Kier molecular flexibility index (Phi) is 7.90. The molecule has 2 aromatic rings. The first-order valence-corrected chi connectivity index (χ1v) is 9.52. The largest absolute Gasteiger partial charge is 0.452 e. The molecule has 25 heavy (non-hydrogen) atoms. The number of aryl methyl sites for hydroxylation is 1. The van der Waals surface area contributed by atoms with Crippen LogP contribution in [0.5, 0.6) is 0 Å². The summed E-state index contributed by atoms with van der Waals surface area (Å²) in [4.78, 5) is 28.3. The van der Waals surface area contributed by atoms with Gasteiger partial charge in [-0.05, 0) is 18.6 Å². The molecule has 6 nitrogen and oxygen atoms in total. The number of benzene rings is 1. The van der Waals surface area contributed by atoms with Crippen molar-refractivity contribution in [2.45, 2.75) is 17.0 Å². The maximum absolute atomic E-state index is 12.3. The second-order valence-corrected chi connectivity index (χ2v) is 7.20. The van der Waals surface area contributed by atoms with E-state index in [4.69, 9.17) is 9.47 Å². The fourth-order valence-corrected chi connectivity index (χ4v) is 3.79. The zero-order valence-corrected chi connectivity index (χ0v) is 15.7. The zero-order chi connectivity index (χ0) is 18.1. The second kappa shape index (κ2) is 10.2. The molecule has 1 N–H and O–H groups in total. The summed E-state index contributed by atoms with van der Waals surface area (Å²) < 4.78 is 10.9. The van der Waals surface area contributed by atoms with Crippen LogP contribution in [-0.2, 0) is 20.0 Å². The Morgan fingerprint density at radius 2 is 2.12 bits per heavy atom. The number of aromatic nitrogens is 1. The predicted octanol–water partition coefficient (Wildman–Crippen LogP) is 2.66. The van der Waals surface area contributed by atoms with Gasteiger partial charge in [-0.15, -0.1) is 11.3 Å². The van der Waals surface area contributed by atoms with E-state index >= 15 is 0 Å². The molecule has 0 saturated carbocycles. The van der Waals surface area contributed by atoms with Crippen molar-refractivity contribution in [3.8, 4) is 0 Å². The van der Waals surface area contributed by atoms with E-state index in [2.05, 4.69) is 10.3 Å². The Bertz CT molecular complexity index is 718. The first-order valence-electron chi connectivity index (χ1n) is 7.65. The molecule has 0 aliphatic carbocycles. The first-order chi connectivity index (χ1) is 12.1. The molecular formula is C17H20N2O4S2. The normalized spacial score (nSPS) is 10.5. The van der Waals surface area contributed by atoms with E-state index in [-0.39, 0.29) is 12.5 Å². The van der Waals surface area contributed by atoms with Gasteiger partial charge in [0, 0.05) is 30.5 Å². The average molecular weight is 380 g/mol. The van der Waals surface area contributed by atoms with Crippen LogP contribution in [0.3, 0.4) is 0 Å². The number of thioether (sulfide) groups is 1. The Morgan fingerprint density at radius 3 is 2.84 bits per heavy atom. The SMILES string of the molecule is COCCNC(=O)COC(=O)c1ccccc1CSc1nc(C)cs1. The molecule has 0 aliphatic rings. The van der Waals surface area contributed by atoms with Crippen molar-refractivity contribution in [3.05, 3.63) is 46.5 Å². The van der Waals surface area contributed by atoms with E-state index < -0.39 is 5.97 Å². The Balaban J connectivity index is 1.89. The van der Waals surface area contributed by atoms with Crippen molar-refractivity contribution >= 4 is 35.0 Å². The van der Waals surface area contributed by atoms with Crippen LogP contribution in [0.15, 0.2) is 34.0 Å². The molecule has 2 rings (SSSR count). The number of thiazole rings is 1. The Morgan fingerprint density at radius 1 is 1.32 bits per heavy atom. The molecule has 1 heterocycles. The van der Waals surface area contributed by atoms with Crippen LogP contribution in [0.25, 0.3) is 0 Å². The molecule has 0 atom stereocenters. The summed E-state index contributed by atoms with van der Waals surface area (Å²) in [6.07, 6.45) is 0. The van der Waals surface area contributed by atoms with E-state index in [1.807, 2.05) is 24.4 Å². The fourth-order valence-electron chi connectivity index (χ4n) is 1.94. The highest BCUT2D eigenvalue weighted by atomic mass is 32.2. The molecule has 0 bridgehead atoms. The van der Waals surface area contributed by atoms with Crippen LogP contribution >= 0.6 is 23.1 Å². The lowest BCUT2D eigenvalue weighted by molar-refractivity contribution is -0.124. The third-order valence-corrected chi connectivity index (χ3v) is 5.34. The number of hydrogen-bond donors (Lipinski definition) is 1. The van der Waals surface area contributed by atoms with Crippen molar-refractivity contribution in [1.29, 1.82) is 0 Å². The van der Waals surface area contributed by atoms with Gasteiger partial charge in [0.2, 0.25) is 0 Å². The van der Waals surface area contributed by atoms with Crippen LogP contribution in [0.2, 0.25) is 0 Å². The first kappa shape index (κ1) is 19.4. The summed E-state index contributed by atoms with van der Waals surface area (Å²) in [6, 6.07) is 7.23. The molecule has 0 spiro atoms. The van der Waals surface area contributed by atoms with Gasteiger partial charge in [0.25, 0.3) is 5.91 Å². The molecule has 0 saturated heterocycles. The molecule has 1 aromatic heterocycles. The van der Waals surface area contributed by atoms with Gasteiger partial charge in [-0.1, -0.05) is 30.0 Å². The summed E-state index contributed by atoms with van der Waals surface area (Å²) in [7, 11) is 1.55. The maximum atomic E-state index is 12.3. The number of methoxy groups -OCH3 is 1. The second-order valence-electron chi connectivity index (χ2n) is 5.12. The van der Waals surface area contributed by atoms with Gasteiger partial charge < -0.3 is 14.8 Å². The molecule has 1 amide bonds. The number of ether oxygens (including phenoxy) is 2. The van der Waals surface area contributed by atoms with E-state index in [0.717, 1.165) is 15.6 Å². The monoisotopic (exact) mass is 380 g/mol. The van der Waals surface area contributed by atoms with Gasteiger partial charge >= 0.3 is 5.97 Å². The van der Waals surface area contributed by atoms with Crippen LogP contribution < -0.4 is 5.32 Å². The minimum absolute atomic E-state index is 0.310. The number of nitrogens with one attached hydrogen (secondary N) is 1. The maximum Gasteiger partial charge on any atom is 0.338 e. The smallest absolute Gasteiger partial charge is 0.338 e. The standard InChI is InChI=1S/C17H20N2O4S2/c1-12-10-24-17(19-12)25-11-13-5-3-4-6-14(13)16(21)23-9-15(20)18-7-8-22-2/h3-6,10H,7-9,11H2,1-2H3,(H,18,20). The fraction of sp³-hybridized carbons (Fsp3) is 0.353. The molecular weight excluding hydrogens is 360 g/mol. The Hall–Kier alpha value is -1.90. The lowest BCUT2D eigenvalue weighted by Gasteiger charge is -2.09. The minimum atomic E-state index is -0.506. The van der Waals surface area contributed by atoms with Crippen LogP contribution in [-0.4, -0.2) is 43.7 Å². The lowest BCUT2D eigenvalue weighted by Crippen LogP contribution is -2.31. The number of hydrogen-bond acceptors (Lipinski definition) is 7. The third-order valence-electron chi connectivity index (χ3n) is 3.15. The van der Waals surface area contributed by atoms with Crippen molar-refractivity contribution < 1.29 is 19.1 Å². The summed E-state index contributed by atoms with van der Waals surface area (Å²) in [6.45, 7) is 2.43. The Labute approximate surface area is 154 Å². The van der Waals surface area contributed by atoms with Gasteiger partial charge in [-0.25, -0.2) is 9.78 Å². The molecule has 1 aromatic carbocycles. The van der Waals surface area contributed by atoms with Gasteiger partial charge in [0.1, 0.15) is 4.34 Å². The molecule has 0 fully saturated rings. The van der Waals surface area contributed by atoms with Gasteiger partial charge in [-0.2, -0.15) is 0 Å². The highest BCUT2D eigenvalue weighted by molar-refractivity contribution is 8.00. The molecule has 8 heteroatoms. The predicted molar refractivity (Wildman–Crippen MR) is 98.0 cm³/mol. The average Bonchev–Trinajstić information content (AvgIpc) is 3.04. The minimum Gasteiger partial charge on any atom is -0.452 e. The highest BCUT2D eigenvalue weighted by Crippen LogP contribution is 2.27. The lowest BCUT2D eigenvalue weighted by atomic mass is 10.1. The molecule has 0 unspecified atom stereocenters. The molecule has 0 aliphatic heterocycles. The van der Waals surface area contributed by atoms with Gasteiger partial charge in [0.15, 0.2) is 6.61 Å². The summed E-state index contributed by atoms with van der Waals surface area (Å²) in [5, 5.41) is 4.59. The van der Waals surface area contributed by atoms with E-state index in [1.54, 1.807) is 42.3 Å². The van der Waals surface area contributed by atoms with Gasteiger partial charge in [0.05, 0.1) is 12.2 Å². The summed E-state index contributed by atoms with van der Waals surface area (Å²) in [5.74, 6) is -0.248. The molecule has 0 radical (unpaired) electrons. The molecule has 134 valence electrons. The summed E-state index contributed by atoms with van der Waals surface area (Å²) in [5.41, 5.74) is 2.30. The number of carbonyl (C=O) groups is 2. The van der Waals surface area contributed by atoms with Gasteiger partial charge in [-0.3, -0.25) is 4.79 Å². The summed E-state index contributed by atoms with van der Waals surface area (Å²) >= 11 is 3.15. The number of esters is 1. The van der Waals surface area contributed by atoms with Crippen molar-refractivity contribution in [2.75, 3.05) is 26.9 Å². The van der Waals surface area contributed by atoms with Crippen LogP contribution in [0, 0.1) is 6.92 Å². The number of carbonyl (C=O) groups excluding carboxylic acids is 2. The van der Waals surface area contributed by atoms with E-state index in [0.29, 0.717) is 24.5 Å². The number of amides is 1. The third kappa shape index (κ3) is 6.49. The number of nitrogens with zero attached hydrogens (tertiary/aromatic N) is 1. The quantitative estimate of drug-likeness (QED) is 0.409. The highest BCUT2D eigenvalue weighted by Gasteiger charge is 2.14.